The lowest BCUT2D eigenvalue weighted by atomic mass is 10.1. The van der Waals surface area contributed by atoms with E-state index in [1.54, 1.807) is 0 Å². The predicted octanol–water partition coefficient (Wildman–Crippen LogP) is 2.70. The molecule has 1 aliphatic rings. The van der Waals surface area contributed by atoms with Gasteiger partial charge in [0.1, 0.15) is 11.6 Å². The Balaban J connectivity index is 1.92. The lowest BCUT2D eigenvalue weighted by Gasteiger charge is -2.25. The summed E-state index contributed by atoms with van der Waals surface area (Å²) in [5, 5.41) is 2.76. The molecule has 116 valence electrons. The molecule has 21 heavy (non-hydrogen) atoms. The largest absolute Gasteiger partial charge is 0.351 e. The Morgan fingerprint density at radius 2 is 2.19 bits per heavy atom. The van der Waals surface area contributed by atoms with Crippen molar-refractivity contribution < 1.29 is 13.6 Å². The fraction of sp³-hybridized carbons (Fsp3) is 0.562. The van der Waals surface area contributed by atoms with E-state index in [0.29, 0.717) is 11.5 Å². The number of carbonyl (C=O) groups is 1. The summed E-state index contributed by atoms with van der Waals surface area (Å²) >= 11 is 0. The minimum absolute atomic E-state index is 0.0723. The molecular formula is C16H22F2N2O. The third-order valence-electron chi connectivity index (χ3n) is 3.73. The second-order valence-corrected chi connectivity index (χ2v) is 6.00. The van der Waals surface area contributed by atoms with Crippen LogP contribution < -0.4 is 5.32 Å². The molecule has 1 N–H and O–H groups in total. The summed E-state index contributed by atoms with van der Waals surface area (Å²) in [4.78, 5) is 14.4. The second-order valence-electron chi connectivity index (χ2n) is 6.00. The van der Waals surface area contributed by atoms with Gasteiger partial charge in [-0.05, 0) is 31.4 Å². The van der Waals surface area contributed by atoms with Crippen LogP contribution in [0.25, 0.3) is 0 Å². The maximum atomic E-state index is 13.5. The first-order chi connectivity index (χ1) is 9.97. The van der Waals surface area contributed by atoms with E-state index in [1.807, 2.05) is 0 Å². The molecule has 0 unspecified atom stereocenters. The lowest BCUT2D eigenvalue weighted by Crippen LogP contribution is -2.44. The van der Waals surface area contributed by atoms with Crippen LogP contribution in [-0.2, 0) is 11.3 Å². The molecule has 1 amide bonds. The Bertz CT molecular complexity index is 505. The van der Waals surface area contributed by atoms with Gasteiger partial charge in [-0.2, -0.15) is 0 Å². The number of amides is 1. The molecule has 1 fully saturated rings. The van der Waals surface area contributed by atoms with Crippen molar-refractivity contribution in [1.29, 1.82) is 0 Å². The number of hydrogen-bond acceptors (Lipinski definition) is 2. The van der Waals surface area contributed by atoms with Gasteiger partial charge in [0.05, 0.1) is 6.04 Å². The van der Waals surface area contributed by atoms with Crippen molar-refractivity contribution in [3.63, 3.8) is 0 Å². The molecular weight excluding hydrogens is 274 g/mol. The number of likely N-dealkylation sites (tertiary alicyclic amines) is 1. The molecule has 3 nitrogen and oxygen atoms in total. The van der Waals surface area contributed by atoms with E-state index in [9.17, 15) is 13.6 Å². The van der Waals surface area contributed by atoms with Crippen molar-refractivity contribution in [3.8, 4) is 0 Å². The Morgan fingerprint density at radius 1 is 1.43 bits per heavy atom. The van der Waals surface area contributed by atoms with Crippen LogP contribution in [0.4, 0.5) is 8.78 Å². The van der Waals surface area contributed by atoms with Crippen LogP contribution in [0.2, 0.25) is 0 Å². The highest BCUT2D eigenvalue weighted by Gasteiger charge is 2.30. The minimum atomic E-state index is -0.624. The van der Waals surface area contributed by atoms with Gasteiger partial charge in [0, 0.05) is 24.7 Å². The molecule has 0 aromatic heterocycles. The molecule has 0 spiro atoms. The predicted molar refractivity (Wildman–Crippen MR) is 77.6 cm³/mol. The van der Waals surface area contributed by atoms with E-state index >= 15 is 0 Å². The first-order valence-corrected chi connectivity index (χ1v) is 7.43. The highest BCUT2D eigenvalue weighted by molar-refractivity contribution is 5.82. The van der Waals surface area contributed by atoms with E-state index in [0.717, 1.165) is 32.0 Å². The highest BCUT2D eigenvalue weighted by atomic mass is 19.1. The number of rotatable bonds is 5. The molecule has 1 saturated heterocycles. The monoisotopic (exact) mass is 296 g/mol. The topological polar surface area (TPSA) is 32.3 Å². The van der Waals surface area contributed by atoms with E-state index in [1.165, 1.54) is 12.1 Å². The van der Waals surface area contributed by atoms with Gasteiger partial charge < -0.3 is 5.32 Å². The zero-order chi connectivity index (χ0) is 15.4. The molecule has 0 saturated carbocycles. The van der Waals surface area contributed by atoms with Gasteiger partial charge in [0.15, 0.2) is 0 Å². The smallest absolute Gasteiger partial charge is 0.237 e. The number of hydrogen-bond donors (Lipinski definition) is 1. The summed E-state index contributed by atoms with van der Waals surface area (Å²) in [6.45, 7) is 6.17. The van der Waals surface area contributed by atoms with E-state index in [2.05, 4.69) is 24.1 Å². The van der Waals surface area contributed by atoms with E-state index < -0.39 is 11.6 Å². The molecule has 0 bridgehead atoms. The zero-order valence-corrected chi connectivity index (χ0v) is 12.5. The number of carbonyl (C=O) groups excluding carboxylic acids is 1. The van der Waals surface area contributed by atoms with Gasteiger partial charge >= 0.3 is 0 Å². The Hall–Kier alpha value is -1.49. The highest BCUT2D eigenvalue weighted by Crippen LogP contribution is 2.19. The SMILES string of the molecule is CC(C)CN1CCC[C@@H]1C(=O)NCc1ccc(F)cc1F. The van der Waals surface area contributed by atoms with Gasteiger partial charge in [-0.1, -0.05) is 19.9 Å². The van der Waals surface area contributed by atoms with Gasteiger partial charge in [-0.3, -0.25) is 9.69 Å². The quantitative estimate of drug-likeness (QED) is 0.906. The Morgan fingerprint density at radius 3 is 2.86 bits per heavy atom. The number of nitrogens with zero attached hydrogens (tertiary/aromatic N) is 1. The van der Waals surface area contributed by atoms with Crippen molar-refractivity contribution >= 4 is 5.91 Å². The van der Waals surface area contributed by atoms with Gasteiger partial charge in [-0.15, -0.1) is 0 Å². The van der Waals surface area contributed by atoms with Crippen LogP contribution in [0, 0.1) is 17.6 Å². The van der Waals surface area contributed by atoms with Gasteiger partial charge in [0.25, 0.3) is 0 Å². The van der Waals surface area contributed by atoms with E-state index in [4.69, 9.17) is 0 Å². The van der Waals surface area contributed by atoms with Crippen LogP contribution >= 0.6 is 0 Å². The summed E-state index contributed by atoms with van der Waals surface area (Å²) < 4.78 is 26.4. The molecule has 2 rings (SSSR count). The third kappa shape index (κ3) is 4.24. The number of halogens is 2. The average molecular weight is 296 g/mol. The maximum absolute atomic E-state index is 13.5. The van der Waals surface area contributed by atoms with E-state index in [-0.39, 0.29) is 18.5 Å². The van der Waals surface area contributed by atoms with Crippen molar-refractivity contribution in [2.24, 2.45) is 5.92 Å². The van der Waals surface area contributed by atoms with Crippen molar-refractivity contribution in [2.75, 3.05) is 13.1 Å². The summed E-state index contributed by atoms with van der Waals surface area (Å²) in [7, 11) is 0. The number of benzene rings is 1. The van der Waals surface area contributed by atoms with Crippen molar-refractivity contribution in [1.82, 2.24) is 10.2 Å². The molecule has 1 aromatic carbocycles. The van der Waals surface area contributed by atoms with Gasteiger partial charge in [-0.25, -0.2) is 8.78 Å². The average Bonchev–Trinajstić information content (AvgIpc) is 2.84. The van der Waals surface area contributed by atoms with Crippen LogP contribution in [0.1, 0.15) is 32.3 Å². The lowest BCUT2D eigenvalue weighted by molar-refractivity contribution is -0.125. The standard InChI is InChI=1S/C16H22F2N2O/c1-11(2)10-20-7-3-4-15(20)16(21)19-9-12-5-6-13(17)8-14(12)18/h5-6,8,11,15H,3-4,7,9-10H2,1-2H3,(H,19,21)/t15-/m1/s1. The summed E-state index contributed by atoms with van der Waals surface area (Å²) in [6.07, 6.45) is 1.85. The fourth-order valence-electron chi connectivity index (χ4n) is 2.78. The maximum Gasteiger partial charge on any atom is 0.237 e. The second kappa shape index (κ2) is 6.98. The van der Waals surface area contributed by atoms with Crippen LogP contribution in [0.15, 0.2) is 18.2 Å². The summed E-state index contributed by atoms with van der Waals surface area (Å²) in [6, 6.07) is 3.27. The minimum Gasteiger partial charge on any atom is -0.351 e. The molecule has 0 aliphatic carbocycles. The third-order valence-corrected chi connectivity index (χ3v) is 3.73. The summed E-state index contributed by atoms with van der Waals surface area (Å²) in [5.74, 6) is -0.799. The molecule has 1 aromatic rings. The van der Waals surface area contributed by atoms with Crippen molar-refractivity contribution in [3.05, 3.63) is 35.4 Å². The van der Waals surface area contributed by atoms with Crippen LogP contribution in [0.5, 0.6) is 0 Å². The van der Waals surface area contributed by atoms with Crippen LogP contribution in [-0.4, -0.2) is 29.9 Å². The molecule has 0 radical (unpaired) electrons. The normalized spacial score (nSPS) is 19.2. The molecule has 1 heterocycles. The zero-order valence-electron chi connectivity index (χ0n) is 12.5. The Labute approximate surface area is 124 Å². The number of nitrogens with one attached hydrogen (secondary N) is 1. The van der Waals surface area contributed by atoms with Crippen molar-refractivity contribution in [2.45, 2.75) is 39.3 Å². The van der Waals surface area contributed by atoms with Crippen LogP contribution in [0.3, 0.4) is 0 Å². The first kappa shape index (κ1) is 15.9. The Kier molecular flexibility index (Phi) is 5.28. The summed E-state index contributed by atoms with van der Waals surface area (Å²) in [5.41, 5.74) is 0.304. The fourth-order valence-corrected chi connectivity index (χ4v) is 2.78. The molecule has 5 heteroatoms. The van der Waals surface area contributed by atoms with Gasteiger partial charge in [0.2, 0.25) is 5.91 Å². The molecule has 1 atom stereocenters. The first-order valence-electron chi connectivity index (χ1n) is 7.43. The molecule has 1 aliphatic heterocycles.